The summed E-state index contributed by atoms with van der Waals surface area (Å²) in [6.07, 6.45) is 1.37. The van der Waals surface area contributed by atoms with E-state index in [0.717, 1.165) is 0 Å². The van der Waals surface area contributed by atoms with Crippen molar-refractivity contribution in [1.29, 1.82) is 0 Å². The van der Waals surface area contributed by atoms with Gasteiger partial charge in [0.05, 0.1) is 12.8 Å². The summed E-state index contributed by atoms with van der Waals surface area (Å²) in [4.78, 5) is 36.1. The first-order chi connectivity index (χ1) is 11.1. The van der Waals surface area contributed by atoms with E-state index in [1.165, 1.54) is 12.3 Å². The summed E-state index contributed by atoms with van der Waals surface area (Å²) in [5, 5.41) is 3.10. The van der Waals surface area contributed by atoms with Crippen LogP contribution in [0, 0.1) is 6.92 Å². The van der Waals surface area contributed by atoms with Crippen LogP contribution in [0.5, 0.6) is 0 Å². The summed E-state index contributed by atoms with van der Waals surface area (Å²) in [5.41, 5.74) is 0.0955. The van der Waals surface area contributed by atoms with Gasteiger partial charge in [-0.2, -0.15) is 0 Å². The van der Waals surface area contributed by atoms with Crippen molar-refractivity contribution in [2.24, 2.45) is 0 Å². The maximum Gasteiger partial charge on any atom is 0.349 e. The summed E-state index contributed by atoms with van der Waals surface area (Å²) in [6, 6.07) is 10.0. The molecule has 116 valence electrons. The van der Waals surface area contributed by atoms with Crippen LogP contribution in [-0.4, -0.2) is 18.2 Å². The quantitative estimate of drug-likeness (QED) is 0.590. The number of amides is 1. The lowest BCUT2D eigenvalue weighted by Crippen LogP contribution is -2.33. The molecule has 0 fully saturated rings. The topological polar surface area (TPSA) is 89.5 Å². The minimum atomic E-state index is -0.732. The van der Waals surface area contributed by atoms with Gasteiger partial charge in [0.15, 0.2) is 5.76 Å². The Morgan fingerprint density at radius 3 is 2.65 bits per heavy atom. The largest absolute Gasteiger partial charge is 0.461 e. The maximum absolute atomic E-state index is 12.3. The van der Waals surface area contributed by atoms with E-state index in [0.29, 0.717) is 16.5 Å². The zero-order valence-corrected chi connectivity index (χ0v) is 12.3. The highest BCUT2D eigenvalue weighted by Crippen LogP contribution is 2.18. The molecule has 6 nitrogen and oxygen atoms in total. The van der Waals surface area contributed by atoms with Gasteiger partial charge in [0.25, 0.3) is 5.91 Å². The van der Waals surface area contributed by atoms with Crippen molar-refractivity contribution in [3.8, 4) is 0 Å². The molecule has 0 spiro atoms. The molecule has 23 heavy (non-hydrogen) atoms. The molecule has 1 amide bonds. The molecule has 2 aromatic heterocycles. The predicted octanol–water partition coefficient (Wildman–Crippen LogP) is 2.31. The molecule has 0 radical (unpaired) electrons. The number of furan rings is 1. The molecular weight excluding hydrogens is 298 g/mol. The molecule has 0 aliphatic heterocycles. The van der Waals surface area contributed by atoms with Crippen LogP contribution in [0.4, 0.5) is 0 Å². The first-order valence-corrected chi connectivity index (χ1v) is 6.95. The number of hydrogen-bond donors (Lipinski definition) is 1. The van der Waals surface area contributed by atoms with Crippen LogP contribution in [0.3, 0.4) is 0 Å². The van der Waals surface area contributed by atoms with Crippen LogP contribution >= 0.6 is 0 Å². The summed E-state index contributed by atoms with van der Waals surface area (Å²) in [7, 11) is 0. The highest BCUT2D eigenvalue weighted by Gasteiger charge is 2.19. The Balaban J connectivity index is 1.86. The number of para-hydroxylation sites is 1. The smallest absolute Gasteiger partial charge is 0.349 e. The second-order valence-corrected chi connectivity index (χ2v) is 4.97. The molecule has 2 heterocycles. The Hall–Kier alpha value is -3.15. The van der Waals surface area contributed by atoms with Crippen molar-refractivity contribution in [1.82, 2.24) is 5.32 Å². The standard InChI is InChI=1S/C17H13NO5/c1-10-11-5-2-3-6-13(11)23-17(21)15(10)16(20)18-9-12(19)14-7-4-8-22-14/h2-8H,9H2,1H3,(H,18,20). The Kier molecular flexibility index (Phi) is 3.80. The third-order valence-electron chi connectivity index (χ3n) is 3.51. The lowest BCUT2D eigenvalue weighted by atomic mass is 10.1. The number of ketones is 1. The third-order valence-corrected chi connectivity index (χ3v) is 3.51. The van der Waals surface area contributed by atoms with Gasteiger partial charge in [0.2, 0.25) is 5.78 Å². The van der Waals surface area contributed by atoms with Crippen molar-refractivity contribution in [2.45, 2.75) is 6.92 Å². The normalized spacial score (nSPS) is 10.7. The third kappa shape index (κ3) is 2.78. The molecule has 0 atom stereocenters. The highest BCUT2D eigenvalue weighted by molar-refractivity contribution is 6.03. The number of fused-ring (bicyclic) bond motifs is 1. The molecule has 0 saturated heterocycles. The minimum Gasteiger partial charge on any atom is -0.461 e. The number of carbonyl (C=O) groups excluding carboxylic acids is 2. The van der Waals surface area contributed by atoms with Crippen molar-refractivity contribution in [3.63, 3.8) is 0 Å². The van der Waals surface area contributed by atoms with E-state index in [-0.39, 0.29) is 23.7 Å². The maximum atomic E-state index is 12.3. The summed E-state index contributed by atoms with van der Waals surface area (Å²) in [6.45, 7) is 1.40. The fourth-order valence-electron chi connectivity index (χ4n) is 2.34. The molecule has 3 rings (SSSR count). The van der Waals surface area contributed by atoms with Crippen LogP contribution in [-0.2, 0) is 0 Å². The summed E-state index contributed by atoms with van der Waals surface area (Å²) in [5.74, 6) is -0.888. The van der Waals surface area contributed by atoms with Gasteiger partial charge in [-0.05, 0) is 30.7 Å². The fourth-order valence-corrected chi connectivity index (χ4v) is 2.34. The second kappa shape index (κ2) is 5.92. The van der Waals surface area contributed by atoms with E-state index < -0.39 is 11.5 Å². The van der Waals surface area contributed by atoms with E-state index in [2.05, 4.69) is 5.32 Å². The average molecular weight is 311 g/mol. The van der Waals surface area contributed by atoms with Gasteiger partial charge in [0.1, 0.15) is 11.1 Å². The molecule has 1 aromatic carbocycles. The van der Waals surface area contributed by atoms with Crippen LogP contribution in [0.15, 0.2) is 56.3 Å². The van der Waals surface area contributed by atoms with Crippen LogP contribution in [0.1, 0.15) is 26.5 Å². The molecule has 0 unspecified atom stereocenters. The van der Waals surface area contributed by atoms with Crippen molar-refractivity contribution >= 4 is 22.7 Å². The number of aryl methyl sites for hydroxylation is 1. The molecule has 0 saturated carbocycles. The van der Waals surface area contributed by atoms with Gasteiger partial charge in [-0.1, -0.05) is 18.2 Å². The SMILES string of the molecule is Cc1c(C(=O)NCC(=O)c2ccco2)c(=O)oc2ccccc12. The molecular formula is C17H13NO5. The first kappa shape index (κ1) is 14.8. The molecule has 6 heteroatoms. The van der Waals surface area contributed by atoms with Gasteiger partial charge < -0.3 is 14.2 Å². The number of carbonyl (C=O) groups is 2. The number of benzene rings is 1. The van der Waals surface area contributed by atoms with E-state index in [4.69, 9.17) is 8.83 Å². The van der Waals surface area contributed by atoms with Crippen molar-refractivity contribution in [3.05, 3.63) is 70.0 Å². The lowest BCUT2D eigenvalue weighted by Gasteiger charge is -2.07. The fraction of sp³-hybridized carbons (Fsp3) is 0.118. The Morgan fingerprint density at radius 2 is 1.91 bits per heavy atom. The van der Waals surface area contributed by atoms with Crippen LogP contribution < -0.4 is 10.9 Å². The lowest BCUT2D eigenvalue weighted by molar-refractivity contribution is 0.0890. The van der Waals surface area contributed by atoms with E-state index in [1.807, 2.05) is 0 Å². The molecule has 0 aliphatic rings. The number of nitrogens with one attached hydrogen (secondary N) is 1. The first-order valence-electron chi connectivity index (χ1n) is 6.95. The minimum absolute atomic E-state index is 0.101. The molecule has 0 aliphatic carbocycles. The van der Waals surface area contributed by atoms with E-state index in [1.54, 1.807) is 37.3 Å². The molecule has 0 bridgehead atoms. The van der Waals surface area contributed by atoms with E-state index >= 15 is 0 Å². The number of rotatable bonds is 4. The molecule has 3 aromatic rings. The van der Waals surface area contributed by atoms with Gasteiger partial charge in [-0.3, -0.25) is 9.59 Å². The Bertz CT molecular complexity index is 937. The molecule has 1 N–H and O–H groups in total. The Labute approximate surface area is 130 Å². The number of hydrogen-bond acceptors (Lipinski definition) is 5. The Morgan fingerprint density at radius 1 is 1.13 bits per heavy atom. The van der Waals surface area contributed by atoms with E-state index in [9.17, 15) is 14.4 Å². The van der Waals surface area contributed by atoms with Crippen molar-refractivity contribution < 1.29 is 18.4 Å². The highest BCUT2D eigenvalue weighted by atomic mass is 16.4. The summed E-state index contributed by atoms with van der Waals surface area (Å²) < 4.78 is 10.1. The monoisotopic (exact) mass is 311 g/mol. The van der Waals surface area contributed by atoms with Gasteiger partial charge in [-0.15, -0.1) is 0 Å². The zero-order valence-electron chi connectivity index (χ0n) is 12.3. The second-order valence-electron chi connectivity index (χ2n) is 4.97. The zero-order chi connectivity index (χ0) is 16.4. The van der Waals surface area contributed by atoms with Gasteiger partial charge >= 0.3 is 5.63 Å². The van der Waals surface area contributed by atoms with Crippen LogP contribution in [0.25, 0.3) is 11.0 Å². The predicted molar refractivity (Wildman–Crippen MR) is 82.6 cm³/mol. The summed E-state index contributed by atoms with van der Waals surface area (Å²) >= 11 is 0. The number of Topliss-reactive ketones (excluding diaryl/α,β-unsaturated/α-hetero) is 1. The van der Waals surface area contributed by atoms with Gasteiger partial charge in [0, 0.05) is 5.39 Å². The van der Waals surface area contributed by atoms with Crippen molar-refractivity contribution in [2.75, 3.05) is 6.54 Å². The van der Waals surface area contributed by atoms with Crippen LogP contribution in [0.2, 0.25) is 0 Å². The average Bonchev–Trinajstić information content (AvgIpc) is 3.07. The van der Waals surface area contributed by atoms with Gasteiger partial charge in [-0.25, -0.2) is 4.79 Å².